The van der Waals surface area contributed by atoms with Crippen LogP contribution >= 0.6 is 0 Å². The van der Waals surface area contributed by atoms with E-state index in [-0.39, 0.29) is 45.3 Å². The van der Waals surface area contributed by atoms with E-state index >= 15 is 0 Å². The lowest BCUT2D eigenvalue weighted by Gasteiger charge is -2.22. The van der Waals surface area contributed by atoms with Crippen molar-refractivity contribution in [1.29, 1.82) is 10.5 Å². The molecule has 0 aliphatic heterocycles. The zero-order valence-corrected chi connectivity index (χ0v) is 19.9. The number of aliphatic imine (C=N–C) groups is 2. The molecule has 40 heavy (non-hydrogen) atoms. The van der Waals surface area contributed by atoms with Crippen LogP contribution in [0.25, 0.3) is 22.5 Å². The zero-order chi connectivity index (χ0) is 28.7. The van der Waals surface area contributed by atoms with Gasteiger partial charge in [-0.05, 0) is 24.3 Å². The molecule has 0 radical (unpaired) electrons. The first-order valence-electron chi connectivity index (χ1n) is 11.3. The van der Waals surface area contributed by atoms with Crippen LogP contribution < -0.4 is 0 Å². The molecule has 0 saturated carbocycles. The third-order valence-corrected chi connectivity index (χ3v) is 6.08. The first-order valence-corrected chi connectivity index (χ1v) is 11.3. The second-order valence-corrected chi connectivity index (χ2v) is 8.43. The van der Waals surface area contributed by atoms with Crippen LogP contribution in [0.1, 0.15) is 33.6 Å². The number of hydrogen-bond acceptors (Lipinski definition) is 6. The minimum atomic E-state index is -4.60. The van der Waals surface area contributed by atoms with Crippen molar-refractivity contribution in [1.82, 2.24) is 9.97 Å². The fourth-order valence-corrected chi connectivity index (χ4v) is 4.28. The first-order chi connectivity index (χ1) is 19.0. The first kappa shape index (κ1) is 26.3. The van der Waals surface area contributed by atoms with Crippen molar-refractivity contribution in [3.63, 3.8) is 0 Å². The Hall–Kier alpha value is -5.36. The average Bonchev–Trinajstić information content (AvgIpc) is 2.93. The molecule has 0 amide bonds. The quantitative estimate of drug-likeness (QED) is 0.180. The molecule has 1 heterocycles. The van der Waals surface area contributed by atoms with Gasteiger partial charge < -0.3 is 0 Å². The van der Waals surface area contributed by atoms with Crippen molar-refractivity contribution < 1.29 is 26.3 Å². The van der Waals surface area contributed by atoms with E-state index in [9.17, 15) is 36.9 Å². The summed E-state index contributed by atoms with van der Waals surface area (Å²) in [6, 6.07) is 14.6. The van der Waals surface area contributed by atoms with Crippen LogP contribution in [0.5, 0.6) is 0 Å². The Labute approximate surface area is 222 Å². The van der Waals surface area contributed by atoms with Gasteiger partial charge in [0.05, 0.1) is 22.5 Å². The van der Waals surface area contributed by atoms with Crippen molar-refractivity contribution in [2.24, 2.45) is 9.98 Å². The molecule has 0 spiro atoms. The van der Waals surface area contributed by atoms with E-state index in [0.29, 0.717) is 11.1 Å². The number of aromatic nitrogens is 2. The van der Waals surface area contributed by atoms with Crippen LogP contribution in [0.3, 0.4) is 0 Å². The van der Waals surface area contributed by atoms with Gasteiger partial charge >= 0.3 is 12.4 Å². The maximum atomic E-state index is 13.2. The number of benzene rings is 3. The van der Waals surface area contributed by atoms with Crippen molar-refractivity contribution in [3.8, 4) is 34.9 Å². The number of alkyl halides is 6. The highest BCUT2D eigenvalue weighted by atomic mass is 19.4. The number of rotatable bonds is 2. The molecule has 3 aromatic carbocycles. The van der Waals surface area contributed by atoms with Gasteiger partial charge in [-0.1, -0.05) is 48.5 Å². The molecule has 1 aliphatic carbocycles. The molecule has 0 atom stereocenters. The summed E-state index contributed by atoms with van der Waals surface area (Å²) in [7, 11) is 0. The highest BCUT2D eigenvalue weighted by Gasteiger charge is 2.34. The lowest BCUT2D eigenvalue weighted by atomic mass is 9.87. The molecule has 6 nitrogen and oxygen atoms in total. The highest BCUT2D eigenvalue weighted by molar-refractivity contribution is 6.30. The summed E-state index contributed by atoms with van der Waals surface area (Å²) >= 11 is 0. The highest BCUT2D eigenvalue weighted by Crippen LogP contribution is 2.37. The van der Waals surface area contributed by atoms with Crippen molar-refractivity contribution >= 4 is 11.4 Å². The predicted molar refractivity (Wildman–Crippen MR) is 132 cm³/mol. The Morgan fingerprint density at radius 1 is 0.525 bits per heavy atom. The summed E-state index contributed by atoms with van der Waals surface area (Å²) in [6.07, 6.45) is -5.80. The van der Waals surface area contributed by atoms with Crippen LogP contribution in [0.2, 0.25) is 0 Å². The molecule has 4 aromatic rings. The van der Waals surface area contributed by atoms with Gasteiger partial charge in [-0.25, -0.2) is 9.97 Å². The molecule has 0 N–H and O–H groups in total. The van der Waals surface area contributed by atoms with Gasteiger partial charge in [-0.2, -0.15) is 46.9 Å². The van der Waals surface area contributed by atoms with E-state index in [1.807, 2.05) is 0 Å². The van der Waals surface area contributed by atoms with Crippen LogP contribution in [0.15, 0.2) is 82.8 Å². The lowest BCUT2D eigenvalue weighted by Crippen LogP contribution is -2.26. The zero-order valence-electron chi connectivity index (χ0n) is 19.9. The predicted octanol–water partition coefficient (Wildman–Crippen LogP) is 6.80. The Bertz CT molecular complexity index is 1640. The molecule has 12 heteroatoms. The van der Waals surface area contributed by atoms with E-state index in [1.165, 1.54) is 0 Å². The van der Waals surface area contributed by atoms with E-state index in [2.05, 4.69) is 20.0 Å². The molecule has 0 saturated heterocycles. The van der Waals surface area contributed by atoms with E-state index in [4.69, 9.17) is 0 Å². The molecule has 1 aromatic heterocycles. The van der Waals surface area contributed by atoms with Crippen molar-refractivity contribution in [3.05, 3.63) is 106 Å². The largest absolute Gasteiger partial charge is 0.416 e. The summed E-state index contributed by atoms with van der Waals surface area (Å²) in [6.45, 7) is 0. The SMILES string of the molecule is N#CN=C1c2ccccc2C(=NC#N)c2nc(-c3ccc(C(F)(F)F)cc3)c(-c3ccc(C(F)(F)F)cc3)nc21. The molecule has 5 rings (SSSR count). The lowest BCUT2D eigenvalue weighted by molar-refractivity contribution is -0.138. The third kappa shape index (κ3) is 4.67. The average molecular weight is 546 g/mol. The number of nitrogens with zero attached hydrogens (tertiary/aromatic N) is 6. The molecule has 1 aliphatic rings. The normalized spacial score (nSPS) is 14.8. The maximum Gasteiger partial charge on any atom is 0.416 e. The smallest absolute Gasteiger partial charge is 0.241 e. The Kier molecular flexibility index (Phi) is 6.40. The van der Waals surface area contributed by atoms with Gasteiger partial charge in [0.2, 0.25) is 12.4 Å². The topological polar surface area (TPSA) is 98.1 Å². The molecule has 0 unspecified atom stereocenters. The summed E-state index contributed by atoms with van der Waals surface area (Å²) < 4.78 is 79.3. The standard InChI is InChI=1S/C28H12F6N6/c29-27(30,31)17-9-5-15(6-10-17)21-22(16-7-11-18(12-8-16)28(32,33)34)40-26-24(38-14-36)20-4-2-1-3-19(20)23(37-13-35)25(26)39-21/h1-12H. The molecule has 196 valence electrons. The summed E-state index contributed by atoms with van der Waals surface area (Å²) in [4.78, 5) is 17.0. The van der Waals surface area contributed by atoms with Crippen LogP contribution in [-0.4, -0.2) is 21.4 Å². The van der Waals surface area contributed by atoms with Gasteiger partial charge in [0, 0.05) is 22.3 Å². The Balaban J connectivity index is 1.82. The van der Waals surface area contributed by atoms with Gasteiger partial charge in [0.15, 0.2) is 0 Å². The summed E-state index contributed by atoms with van der Waals surface area (Å²) in [5.41, 5.74) is -0.374. The minimum absolute atomic E-state index is 0.0218. The monoisotopic (exact) mass is 546 g/mol. The number of hydrogen-bond donors (Lipinski definition) is 0. The number of nitriles is 2. The molecular weight excluding hydrogens is 534 g/mol. The third-order valence-electron chi connectivity index (χ3n) is 6.08. The Morgan fingerprint density at radius 3 is 1.18 bits per heavy atom. The van der Waals surface area contributed by atoms with Gasteiger partial charge in [0.25, 0.3) is 0 Å². The van der Waals surface area contributed by atoms with Crippen molar-refractivity contribution in [2.75, 3.05) is 0 Å². The number of halogens is 6. The van der Waals surface area contributed by atoms with Crippen molar-refractivity contribution in [2.45, 2.75) is 12.4 Å². The molecule has 0 bridgehead atoms. The molecular formula is C28H12F6N6. The van der Waals surface area contributed by atoms with E-state index in [1.54, 1.807) is 36.7 Å². The number of fused-ring (bicyclic) bond motifs is 2. The van der Waals surface area contributed by atoms with Crippen LogP contribution in [0.4, 0.5) is 26.3 Å². The van der Waals surface area contributed by atoms with Gasteiger partial charge in [0.1, 0.15) is 22.8 Å². The van der Waals surface area contributed by atoms with E-state index in [0.717, 1.165) is 48.5 Å². The second-order valence-electron chi connectivity index (χ2n) is 8.43. The van der Waals surface area contributed by atoms with Gasteiger partial charge in [-0.3, -0.25) is 0 Å². The summed E-state index contributed by atoms with van der Waals surface area (Å²) in [5, 5.41) is 18.8. The van der Waals surface area contributed by atoms with Crippen LogP contribution in [-0.2, 0) is 12.4 Å². The van der Waals surface area contributed by atoms with E-state index < -0.39 is 23.5 Å². The van der Waals surface area contributed by atoms with Crippen LogP contribution in [0, 0.1) is 22.9 Å². The van der Waals surface area contributed by atoms with Gasteiger partial charge in [-0.15, -0.1) is 0 Å². The minimum Gasteiger partial charge on any atom is -0.241 e. The maximum absolute atomic E-state index is 13.2. The molecule has 0 fully saturated rings. The fourth-order valence-electron chi connectivity index (χ4n) is 4.28. The summed E-state index contributed by atoms with van der Waals surface area (Å²) in [5.74, 6) is 0. The second kappa shape index (κ2) is 9.75. The fraction of sp³-hybridized carbons (Fsp3) is 0.0714. The Morgan fingerprint density at radius 2 is 0.875 bits per heavy atom.